The lowest BCUT2D eigenvalue weighted by molar-refractivity contribution is 1.00. The van der Waals surface area contributed by atoms with Crippen LogP contribution in [0.4, 0.5) is 5.95 Å². The first-order chi connectivity index (χ1) is 5.74. The first-order valence-electron chi connectivity index (χ1n) is 4.32. The van der Waals surface area contributed by atoms with Gasteiger partial charge in [0.05, 0.1) is 0 Å². The molecule has 0 spiro atoms. The summed E-state index contributed by atoms with van der Waals surface area (Å²) < 4.78 is 0. The Hall–Kier alpha value is -1.12. The van der Waals surface area contributed by atoms with E-state index in [2.05, 4.69) is 16.9 Å². The molecule has 68 valence electrons. The molecule has 0 aromatic carbocycles. The van der Waals surface area contributed by atoms with Crippen LogP contribution in [0.25, 0.3) is 0 Å². The highest BCUT2D eigenvalue weighted by atomic mass is 15.0. The lowest BCUT2D eigenvalue weighted by atomic mass is 10.2. The molecule has 3 nitrogen and oxygen atoms in total. The van der Waals surface area contributed by atoms with E-state index >= 15 is 0 Å². The van der Waals surface area contributed by atoms with Crippen LogP contribution < -0.4 is 5.73 Å². The first kappa shape index (κ1) is 10.9. The van der Waals surface area contributed by atoms with Crippen molar-refractivity contribution in [3.05, 3.63) is 17.5 Å². The SMILES string of the molecule is CC.CCc1cnc(N)nc1C. The fourth-order valence-corrected chi connectivity index (χ4v) is 0.857. The van der Waals surface area contributed by atoms with E-state index in [1.165, 1.54) is 0 Å². The summed E-state index contributed by atoms with van der Waals surface area (Å²) in [5.41, 5.74) is 7.50. The zero-order chi connectivity index (χ0) is 9.56. The summed E-state index contributed by atoms with van der Waals surface area (Å²) in [6, 6.07) is 0. The Bertz CT molecular complexity index is 233. The van der Waals surface area contributed by atoms with Crippen LogP contribution >= 0.6 is 0 Å². The number of nitrogens with two attached hydrogens (primary N) is 1. The monoisotopic (exact) mass is 167 g/mol. The minimum atomic E-state index is 0.356. The zero-order valence-corrected chi connectivity index (χ0v) is 8.26. The Balaban J connectivity index is 0.000000561. The summed E-state index contributed by atoms with van der Waals surface area (Å²) >= 11 is 0. The van der Waals surface area contributed by atoms with Crippen molar-refractivity contribution in [1.29, 1.82) is 0 Å². The van der Waals surface area contributed by atoms with Gasteiger partial charge in [-0.3, -0.25) is 0 Å². The molecule has 1 aromatic heterocycles. The summed E-state index contributed by atoms with van der Waals surface area (Å²) in [6.07, 6.45) is 2.74. The lowest BCUT2D eigenvalue weighted by Gasteiger charge is -1.99. The Morgan fingerprint density at radius 1 is 1.42 bits per heavy atom. The molecule has 0 saturated carbocycles. The fourth-order valence-electron chi connectivity index (χ4n) is 0.857. The van der Waals surface area contributed by atoms with E-state index in [0.717, 1.165) is 17.7 Å². The second kappa shape index (κ2) is 5.52. The van der Waals surface area contributed by atoms with Crippen molar-refractivity contribution < 1.29 is 0 Å². The molecule has 1 rings (SSSR count). The smallest absolute Gasteiger partial charge is 0.220 e. The van der Waals surface area contributed by atoms with Gasteiger partial charge < -0.3 is 5.73 Å². The molecule has 1 aromatic rings. The van der Waals surface area contributed by atoms with Crippen LogP contribution in [0.2, 0.25) is 0 Å². The second-order valence-corrected chi connectivity index (χ2v) is 2.19. The van der Waals surface area contributed by atoms with Gasteiger partial charge in [-0.25, -0.2) is 9.97 Å². The number of aryl methyl sites for hydroxylation is 2. The zero-order valence-electron chi connectivity index (χ0n) is 8.26. The third-order valence-corrected chi connectivity index (χ3v) is 1.48. The van der Waals surface area contributed by atoms with Crippen LogP contribution in [-0.2, 0) is 6.42 Å². The van der Waals surface area contributed by atoms with E-state index in [9.17, 15) is 0 Å². The summed E-state index contributed by atoms with van der Waals surface area (Å²) in [6.45, 7) is 8.01. The largest absolute Gasteiger partial charge is 0.368 e. The van der Waals surface area contributed by atoms with Gasteiger partial charge in [0.2, 0.25) is 5.95 Å². The molecule has 0 radical (unpaired) electrons. The molecule has 3 heteroatoms. The number of nitrogen functional groups attached to an aromatic ring is 1. The third kappa shape index (κ3) is 2.86. The minimum absolute atomic E-state index is 0.356. The highest BCUT2D eigenvalue weighted by molar-refractivity contribution is 5.23. The van der Waals surface area contributed by atoms with Gasteiger partial charge in [0.15, 0.2) is 0 Å². The van der Waals surface area contributed by atoms with Gasteiger partial charge in [-0.15, -0.1) is 0 Å². The quantitative estimate of drug-likeness (QED) is 0.695. The number of nitrogens with zero attached hydrogens (tertiary/aromatic N) is 2. The van der Waals surface area contributed by atoms with Crippen LogP contribution in [-0.4, -0.2) is 9.97 Å². The molecule has 12 heavy (non-hydrogen) atoms. The number of hydrogen-bond donors (Lipinski definition) is 1. The fraction of sp³-hybridized carbons (Fsp3) is 0.556. The molecule has 0 aliphatic rings. The van der Waals surface area contributed by atoms with Gasteiger partial charge in [0, 0.05) is 11.9 Å². The molecular weight excluding hydrogens is 150 g/mol. The molecule has 0 aliphatic carbocycles. The van der Waals surface area contributed by atoms with E-state index in [4.69, 9.17) is 5.73 Å². The molecule has 0 fully saturated rings. The van der Waals surface area contributed by atoms with E-state index in [-0.39, 0.29) is 0 Å². The molecule has 1 heterocycles. The van der Waals surface area contributed by atoms with Gasteiger partial charge >= 0.3 is 0 Å². The standard InChI is InChI=1S/C7H11N3.C2H6/c1-3-6-4-9-7(8)10-5(6)2;1-2/h4H,3H2,1-2H3,(H2,8,9,10);1-2H3. The van der Waals surface area contributed by atoms with Crippen LogP contribution in [0.3, 0.4) is 0 Å². The second-order valence-electron chi connectivity index (χ2n) is 2.19. The average Bonchev–Trinajstić information content (AvgIpc) is 2.08. The van der Waals surface area contributed by atoms with E-state index in [1.807, 2.05) is 20.8 Å². The van der Waals surface area contributed by atoms with E-state index in [0.29, 0.717) is 5.95 Å². The lowest BCUT2D eigenvalue weighted by Crippen LogP contribution is -1.99. The van der Waals surface area contributed by atoms with Crippen LogP contribution in [0.15, 0.2) is 6.20 Å². The van der Waals surface area contributed by atoms with Gasteiger partial charge in [0.1, 0.15) is 0 Å². The molecule has 0 unspecified atom stereocenters. The van der Waals surface area contributed by atoms with Gasteiger partial charge in [-0.1, -0.05) is 20.8 Å². The van der Waals surface area contributed by atoms with Crippen molar-refractivity contribution in [2.75, 3.05) is 5.73 Å². The Kier molecular flexibility index (Phi) is 5.00. The topological polar surface area (TPSA) is 51.8 Å². The first-order valence-corrected chi connectivity index (χ1v) is 4.32. The molecular formula is C9H17N3. The van der Waals surface area contributed by atoms with Gasteiger partial charge in [0.25, 0.3) is 0 Å². The predicted molar refractivity (Wildman–Crippen MR) is 51.9 cm³/mol. The molecule has 0 amide bonds. The van der Waals surface area contributed by atoms with Crippen LogP contribution in [0.1, 0.15) is 32.0 Å². The summed E-state index contributed by atoms with van der Waals surface area (Å²) in [5.74, 6) is 0.356. The van der Waals surface area contributed by atoms with Crippen molar-refractivity contribution in [2.24, 2.45) is 0 Å². The maximum atomic E-state index is 5.36. The molecule has 2 N–H and O–H groups in total. The maximum Gasteiger partial charge on any atom is 0.220 e. The van der Waals surface area contributed by atoms with E-state index in [1.54, 1.807) is 6.20 Å². The Morgan fingerprint density at radius 2 is 2.00 bits per heavy atom. The van der Waals surface area contributed by atoms with Crippen molar-refractivity contribution in [3.63, 3.8) is 0 Å². The molecule has 0 saturated heterocycles. The normalized spacial score (nSPS) is 8.67. The van der Waals surface area contributed by atoms with Crippen molar-refractivity contribution in [1.82, 2.24) is 9.97 Å². The Labute approximate surface area is 74.0 Å². The van der Waals surface area contributed by atoms with Gasteiger partial charge in [-0.2, -0.15) is 0 Å². The summed E-state index contributed by atoms with van der Waals surface area (Å²) in [7, 11) is 0. The molecule has 0 atom stereocenters. The van der Waals surface area contributed by atoms with E-state index < -0.39 is 0 Å². The summed E-state index contributed by atoms with van der Waals surface area (Å²) in [5, 5.41) is 0. The molecule has 0 aliphatic heterocycles. The van der Waals surface area contributed by atoms with Crippen molar-refractivity contribution in [2.45, 2.75) is 34.1 Å². The Morgan fingerprint density at radius 3 is 2.42 bits per heavy atom. The summed E-state index contributed by atoms with van der Waals surface area (Å²) in [4.78, 5) is 7.89. The van der Waals surface area contributed by atoms with Crippen LogP contribution in [0.5, 0.6) is 0 Å². The number of aromatic nitrogens is 2. The minimum Gasteiger partial charge on any atom is -0.368 e. The highest BCUT2D eigenvalue weighted by Gasteiger charge is 1.96. The van der Waals surface area contributed by atoms with Crippen molar-refractivity contribution in [3.8, 4) is 0 Å². The number of anilines is 1. The number of hydrogen-bond acceptors (Lipinski definition) is 3. The highest BCUT2D eigenvalue weighted by Crippen LogP contribution is 2.04. The maximum absolute atomic E-state index is 5.36. The van der Waals surface area contributed by atoms with Gasteiger partial charge in [-0.05, 0) is 18.9 Å². The van der Waals surface area contributed by atoms with Crippen LogP contribution in [0, 0.1) is 6.92 Å². The predicted octanol–water partition coefficient (Wildman–Crippen LogP) is 1.96. The van der Waals surface area contributed by atoms with Crippen molar-refractivity contribution >= 4 is 5.95 Å². The number of rotatable bonds is 1. The molecule has 0 bridgehead atoms. The third-order valence-electron chi connectivity index (χ3n) is 1.48. The average molecular weight is 167 g/mol.